The summed E-state index contributed by atoms with van der Waals surface area (Å²) >= 11 is 1.52. The van der Waals surface area contributed by atoms with E-state index in [-0.39, 0.29) is 11.7 Å². The molecule has 2 heterocycles. The predicted molar refractivity (Wildman–Crippen MR) is 118 cm³/mol. The smallest absolute Gasteiger partial charge is 0.252 e. The van der Waals surface area contributed by atoms with Crippen molar-refractivity contribution in [3.8, 4) is 10.6 Å². The summed E-state index contributed by atoms with van der Waals surface area (Å²) in [5, 5.41) is 3.80. The lowest BCUT2D eigenvalue weighted by molar-refractivity contribution is 0.0940. The lowest BCUT2D eigenvalue weighted by Gasteiger charge is -2.09. The molecule has 0 spiro atoms. The molecule has 0 aliphatic carbocycles. The van der Waals surface area contributed by atoms with E-state index in [9.17, 15) is 9.59 Å². The highest BCUT2D eigenvalue weighted by Crippen LogP contribution is 2.27. The molecule has 30 heavy (non-hydrogen) atoms. The van der Waals surface area contributed by atoms with E-state index in [4.69, 9.17) is 0 Å². The number of nitrogens with one attached hydrogen (secondary N) is 1. The van der Waals surface area contributed by atoms with Gasteiger partial charge >= 0.3 is 0 Å². The van der Waals surface area contributed by atoms with Crippen molar-refractivity contribution in [2.45, 2.75) is 13.5 Å². The highest BCUT2D eigenvalue weighted by Gasteiger charge is 2.18. The Balaban J connectivity index is 1.52. The molecule has 1 amide bonds. The maximum Gasteiger partial charge on any atom is 0.252 e. The Bertz CT molecular complexity index is 1190. The maximum atomic E-state index is 12.9. The van der Waals surface area contributed by atoms with E-state index in [0.29, 0.717) is 23.2 Å². The number of pyridine rings is 1. The Labute approximate surface area is 178 Å². The van der Waals surface area contributed by atoms with Crippen molar-refractivity contribution in [2.24, 2.45) is 0 Å². The molecule has 5 nitrogen and oxygen atoms in total. The third-order valence-electron chi connectivity index (χ3n) is 4.66. The molecule has 0 aliphatic heterocycles. The number of ketones is 1. The van der Waals surface area contributed by atoms with Gasteiger partial charge in [0.25, 0.3) is 5.91 Å². The van der Waals surface area contributed by atoms with Gasteiger partial charge in [-0.3, -0.25) is 14.6 Å². The van der Waals surface area contributed by atoms with E-state index in [1.54, 1.807) is 48.8 Å². The van der Waals surface area contributed by atoms with Crippen molar-refractivity contribution in [3.63, 3.8) is 0 Å². The van der Waals surface area contributed by atoms with Crippen LogP contribution in [0.15, 0.2) is 79.1 Å². The number of carbonyl (C=O) groups excluding carboxylic acids is 2. The molecule has 0 radical (unpaired) electrons. The highest BCUT2D eigenvalue weighted by molar-refractivity contribution is 7.15. The zero-order chi connectivity index (χ0) is 20.9. The highest BCUT2D eigenvalue weighted by atomic mass is 32.1. The minimum Gasteiger partial charge on any atom is -0.347 e. The minimum absolute atomic E-state index is 0.172. The molecule has 2 aromatic carbocycles. The van der Waals surface area contributed by atoms with E-state index in [0.717, 1.165) is 21.1 Å². The Morgan fingerprint density at radius 1 is 0.933 bits per heavy atom. The van der Waals surface area contributed by atoms with Gasteiger partial charge < -0.3 is 5.32 Å². The van der Waals surface area contributed by atoms with Crippen molar-refractivity contribution in [1.82, 2.24) is 15.3 Å². The van der Waals surface area contributed by atoms with Gasteiger partial charge in [0, 0.05) is 34.0 Å². The molecular weight excluding hydrogens is 394 g/mol. The zero-order valence-corrected chi connectivity index (χ0v) is 17.1. The van der Waals surface area contributed by atoms with Crippen molar-refractivity contribution in [3.05, 3.63) is 106 Å². The van der Waals surface area contributed by atoms with Crippen LogP contribution >= 0.6 is 11.3 Å². The molecule has 0 bridgehead atoms. The summed E-state index contributed by atoms with van der Waals surface area (Å²) in [4.78, 5) is 35.4. The van der Waals surface area contributed by atoms with Gasteiger partial charge in [-0.05, 0) is 25.1 Å². The number of nitrogens with zero attached hydrogens (tertiary/aromatic N) is 2. The monoisotopic (exact) mass is 413 g/mol. The van der Waals surface area contributed by atoms with E-state index < -0.39 is 0 Å². The van der Waals surface area contributed by atoms with Crippen LogP contribution in [0.25, 0.3) is 10.6 Å². The van der Waals surface area contributed by atoms with Crippen LogP contribution in [0.2, 0.25) is 0 Å². The molecule has 0 saturated heterocycles. The van der Waals surface area contributed by atoms with E-state index in [1.807, 2.05) is 37.3 Å². The number of benzene rings is 2. The van der Waals surface area contributed by atoms with Gasteiger partial charge in [0.05, 0.1) is 17.8 Å². The van der Waals surface area contributed by atoms with Gasteiger partial charge in [-0.15, -0.1) is 11.3 Å². The quantitative estimate of drug-likeness (QED) is 0.466. The molecule has 4 rings (SSSR count). The fraction of sp³-hybridized carbons (Fsp3) is 0.0833. The average molecular weight is 414 g/mol. The summed E-state index contributed by atoms with van der Waals surface area (Å²) in [6, 6.07) is 19.7. The number of thiazole rings is 1. The van der Waals surface area contributed by atoms with Crippen LogP contribution in [0.1, 0.15) is 36.9 Å². The lowest BCUT2D eigenvalue weighted by Crippen LogP contribution is -2.25. The number of rotatable bonds is 6. The number of hydrogen-bond donors (Lipinski definition) is 1. The van der Waals surface area contributed by atoms with Crippen molar-refractivity contribution < 1.29 is 9.59 Å². The van der Waals surface area contributed by atoms with Gasteiger partial charge in [-0.25, -0.2) is 4.98 Å². The molecule has 2 aromatic heterocycles. The Morgan fingerprint density at radius 2 is 1.67 bits per heavy atom. The van der Waals surface area contributed by atoms with Gasteiger partial charge in [0.1, 0.15) is 5.01 Å². The Hall–Kier alpha value is -3.64. The first-order valence-corrected chi connectivity index (χ1v) is 10.3. The normalized spacial score (nSPS) is 10.6. The van der Waals surface area contributed by atoms with Crippen LogP contribution in [-0.4, -0.2) is 21.7 Å². The molecule has 4 aromatic rings. The van der Waals surface area contributed by atoms with E-state index in [2.05, 4.69) is 15.3 Å². The number of aryl methyl sites for hydroxylation is 1. The van der Waals surface area contributed by atoms with E-state index in [1.165, 1.54) is 11.3 Å². The second kappa shape index (κ2) is 8.80. The summed E-state index contributed by atoms with van der Waals surface area (Å²) in [5.41, 5.74) is 3.12. The standard InChI is InChI=1S/C24H19N3O2S/c1-16-21(30-24(27-16)18-10-7-13-25-14-18)15-26-23(29)20-12-6-5-11-19(20)22(28)17-8-3-2-4-9-17/h2-14H,15H2,1H3,(H,26,29). The molecular formula is C24H19N3O2S. The molecule has 0 aliphatic rings. The molecule has 0 atom stereocenters. The topological polar surface area (TPSA) is 72.0 Å². The second-order valence-electron chi connectivity index (χ2n) is 6.69. The molecule has 0 fully saturated rings. The van der Waals surface area contributed by atoms with Gasteiger partial charge in [-0.1, -0.05) is 48.5 Å². The molecule has 1 N–H and O–H groups in total. The van der Waals surface area contributed by atoms with Gasteiger partial charge in [0.15, 0.2) is 5.78 Å². The Morgan fingerprint density at radius 3 is 2.40 bits per heavy atom. The van der Waals surface area contributed by atoms with Crippen LogP contribution in [0.5, 0.6) is 0 Å². The summed E-state index contributed by atoms with van der Waals surface area (Å²) in [5.74, 6) is -0.459. The first-order chi connectivity index (χ1) is 14.6. The number of amides is 1. The van der Waals surface area contributed by atoms with Crippen LogP contribution in [0.4, 0.5) is 0 Å². The lowest BCUT2D eigenvalue weighted by atomic mass is 9.98. The molecule has 0 unspecified atom stereocenters. The van der Waals surface area contributed by atoms with Crippen molar-refractivity contribution in [2.75, 3.05) is 0 Å². The molecule has 0 saturated carbocycles. The van der Waals surface area contributed by atoms with Gasteiger partial charge in [-0.2, -0.15) is 0 Å². The molecule has 148 valence electrons. The minimum atomic E-state index is -0.286. The summed E-state index contributed by atoms with van der Waals surface area (Å²) in [6.45, 7) is 2.27. The van der Waals surface area contributed by atoms with Crippen LogP contribution in [-0.2, 0) is 6.54 Å². The largest absolute Gasteiger partial charge is 0.347 e. The number of aromatic nitrogens is 2. The second-order valence-corrected chi connectivity index (χ2v) is 7.78. The fourth-order valence-electron chi connectivity index (χ4n) is 3.08. The first kappa shape index (κ1) is 19.7. The van der Waals surface area contributed by atoms with Crippen molar-refractivity contribution >= 4 is 23.0 Å². The third kappa shape index (κ3) is 4.18. The molecule has 6 heteroatoms. The summed E-state index contributed by atoms with van der Waals surface area (Å²) in [7, 11) is 0. The third-order valence-corrected chi connectivity index (χ3v) is 5.87. The van der Waals surface area contributed by atoms with Crippen LogP contribution in [0, 0.1) is 6.92 Å². The fourth-order valence-corrected chi connectivity index (χ4v) is 4.08. The van der Waals surface area contributed by atoms with Crippen molar-refractivity contribution in [1.29, 1.82) is 0 Å². The van der Waals surface area contributed by atoms with Crippen LogP contribution in [0.3, 0.4) is 0 Å². The number of hydrogen-bond acceptors (Lipinski definition) is 5. The van der Waals surface area contributed by atoms with Crippen LogP contribution < -0.4 is 5.32 Å². The predicted octanol–water partition coefficient (Wildman–Crippen LogP) is 4.67. The first-order valence-electron chi connectivity index (χ1n) is 9.47. The average Bonchev–Trinajstić information content (AvgIpc) is 3.18. The summed E-state index contributed by atoms with van der Waals surface area (Å²) in [6.07, 6.45) is 3.49. The SMILES string of the molecule is Cc1nc(-c2cccnc2)sc1CNC(=O)c1ccccc1C(=O)c1ccccc1. The zero-order valence-electron chi connectivity index (χ0n) is 16.3. The van der Waals surface area contributed by atoms with E-state index >= 15 is 0 Å². The van der Waals surface area contributed by atoms with Gasteiger partial charge in [0.2, 0.25) is 0 Å². The maximum absolute atomic E-state index is 12.9. The Kier molecular flexibility index (Phi) is 5.77. The number of carbonyl (C=O) groups is 2. The summed E-state index contributed by atoms with van der Waals surface area (Å²) < 4.78 is 0.